The Hall–Kier alpha value is -1.95. The van der Waals surface area contributed by atoms with Crippen molar-refractivity contribution >= 4 is 17.2 Å². The van der Waals surface area contributed by atoms with Gasteiger partial charge in [-0.05, 0) is 25.8 Å². The largest absolute Gasteiger partial charge is 0.494 e. The number of aromatic nitrogens is 2. The van der Waals surface area contributed by atoms with Gasteiger partial charge >= 0.3 is 0 Å². The van der Waals surface area contributed by atoms with E-state index in [-0.39, 0.29) is 5.91 Å². The number of carbonyl (C=O) groups excluding carboxylic acids is 1. The van der Waals surface area contributed by atoms with Gasteiger partial charge in [-0.3, -0.25) is 9.78 Å². The molecule has 112 valence electrons. The number of nitrogens with zero attached hydrogens (tertiary/aromatic N) is 2. The molecule has 0 aromatic carbocycles. The summed E-state index contributed by atoms with van der Waals surface area (Å²) < 4.78 is 5.17. The highest BCUT2D eigenvalue weighted by Gasteiger charge is 2.13. The molecular formula is C15H19N3O2S. The Labute approximate surface area is 128 Å². The van der Waals surface area contributed by atoms with Crippen molar-refractivity contribution in [1.82, 2.24) is 15.3 Å². The lowest BCUT2D eigenvalue weighted by Crippen LogP contribution is -2.23. The number of amides is 1. The van der Waals surface area contributed by atoms with Crippen LogP contribution in [0.3, 0.4) is 0 Å². The lowest BCUT2D eigenvalue weighted by molar-refractivity contribution is 0.0947. The van der Waals surface area contributed by atoms with Crippen molar-refractivity contribution in [2.75, 3.05) is 7.11 Å². The molecule has 0 aliphatic heterocycles. The fourth-order valence-electron chi connectivity index (χ4n) is 1.91. The molecule has 0 spiro atoms. The van der Waals surface area contributed by atoms with E-state index >= 15 is 0 Å². The molecule has 2 heterocycles. The molecule has 5 nitrogen and oxygen atoms in total. The Morgan fingerprint density at radius 2 is 2.29 bits per heavy atom. The molecule has 1 N–H and O–H groups in total. The standard InChI is InChI=1S/C15H19N3O2S/c1-4-5-14-18-11(9-21-14)7-17-15(19)12-6-10(2)16-8-13(12)20-3/h6,8-9H,4-5,7H2,1-3H3,(H,17,19). The summed E-state index contributed by atoms with van der Waals surface area (Å²) >= 11 is 1.63. The molecule has 2 aromatic heterocycles. The van der Waals surface area contributed by atoms with Crippen LogP contribution in [-0.2, 0) is 13.0 Å². The van der Waals surface area contributed by atoms with Gasteiger partial charge in [0.25, 0.3) is 5.91 Å². The molecule has 0 saturated heterocycles. The smallest absolute Gasteiger partial charge is 0.255 e. The van der Waals surface area contributed by atoms with Crippen LogP contribution in [0.4, 0.5) is 0 Å². The lowest BCUT2D eigenvalue weighted by Gasteiger charge is -2.08. The molecule has 2 rings (SSSR count). The maximum atomic E-state index is 12.2. The third-order valence-corrected chi connectivity index (χ3v) is 3.92. The van der Waals surface area contributed by atoms with Gasteiger partial charge in [0, 0.05) is 11.1 Å². The van der Waals surface area contributed by atoms with Crippen molar-refractivity contribution in [1.29, 1.82) is 0 Å². The lowest BCUT2D eigenvalue weighted by atomic mass is 10.2. The van der Waals surface area contributed by atoms with Crippen LogP contribution in [0.1, 0.15) is 40.1 Å². The average molecular weight is 305 g/mol. The van der Waals surface area contributed by atoms with Crippen LogP contribution in [0.5, 0.6) is 5.75 Å². The van der Waals surface area contributed by atoms with E-state index in [9.17, 15) is 4.79 Å². The number of ether oxygens (including phenoxy) is 1. The monoisotopic (exact) mass is 305 g/mol. The van der Waals surface area contributed by atoms with E-state index < -0.39 is 0 Å². The fraction of sp³-hybridized carbons (Fsp3) is 0.400. The van der Waals surface area contributed by atoms with E-state index in [2.05, 4.69) is 22.2 Å². The summed E-state index contributed by atoms with van der Waals surface area (Å²) in [7, 11) is 1.53. The van der Waals surface area contributed by atoms with E-state index in [0.29, 0.717) is 17.9 Å². The summed E-state index contributed by atoms with van der Waals surface area (Å²) in [6.45, 7) is 4.39. The zero-order valence-electron chi connectivity index (χ0n) is 12.5. The van der Waals surface area contributed by atoms with Crippen molar-refractivity contribution in [3.8, 4) is 5.75 Å². The molecule has 0 fully saturated rings. The Balaban J connectivity index is 2.02. The number of thiazole rings is 1. The summed E-state index contributed by atoms with van der Waals surface area (Å²) in [5.74, 6) is 0.297. The SMILES string of the molecule is CCCc1nc(CNC(=O)c2cc(C)ncc2OC)cs1. The number of methoxy groups -OCH3 is 1. The minimum Gasteiger partial charge on any atom is -0.494 e. The molecule has 0 saturated carbocycles. The van der Waals surface area contributed by atoms with Gasteiger partial charge in [0.15, 0.2) is 0 Å². The fourth-order valence-corrected chi connectivity index (χ4v) is 2.81. The first-order valence-corrected chi connectivity index (χ1v) is 7.74. The molecule has 0 aliphatic rings. The molecular weight excluding hydrogens is 286 g/mol. The van der Waals surface area contributed by atoms with Crippen LogP contribution in [-0.4, -0.2) is 23.0 Å². The first kappa shape index (κ1) is 15.4. The minimum absolute atomic E-state index is 0.178. The van der Waals surface area contributed by atoms with Crippen molar-refractivity contribution in [2.45, 2.75) is 33.2 Å². The van der Waals surface area contributed by atoms with E-state index in [4.69, 9.17) is 4.74 Å². The molecule has 0 unspecified atom stereocenters. The van der Waals surface area contributed by atoms with Gasteiger partial charge in [-0.25, -0.2) is 4.98 Å². The first-order valence-electron chi connectivity index (χ1n) is 6.86. The van der Waals surface area contributed by atoms with E-state index in [0.717, 1.165) is 29.2 Å². The number of pyridine rings is 1. The number of aryl methyl sites for hydroxylation is 2. The van der Waals surface area contributed by atoms with Gasteiger partial charge in [-0.15, -0.1) is 11.3 Å². The topological polar surface area (TPSA) is 64.1 Å². The normalized spacial score (nSPS) is 10.4. The van der Waals surface area contributed by atoms with E-state index in [1.54, 1.807) is 23.6 Å². The summed E-state index contributed by atoms with van der Waals surface area (Å²) in [6.07, 6.45) is 3.62. The van der Waals surface area contributed by atoms with Crippen LogP contribution in [0, 0.1) is 6.92 Å². The Kier molecular flexibility index (Phi) is 5.27. The number of rotatable bonds is 6. The summed E-state index contributed by atoms with van der Waals surface area (Å²) in [5, 5.41) is 5.97. The zero-order chi connectivity index (χ0) is 15.2. The average Bonchev–Trinajstić information content (AvgIpc) is 2.93. The van der Waals surface area contributed by atoms with Crippen molar-refractivity contribution < 1.29 is 9.53 Å². The minimum atomic E-state index is -0.178. The van der Waals surface area contributed by atoms with Crippen LogP contribution in [0.15, 0.2) is 17.6 Å². The predicted molar refractivity (Wildman–Crippen MR) is 82.8 cm³/mol. The molecule has 0 radical (unpaired) electrons. The van der Waals surface area contributed by atoms with Gasteiger partial charge in [0.2, 0.25) is 0 Å². The van der Waals surface area contributed by atoms with Gasteiger partial charge < -0.3 is 10.1 Å². The number of hydrogen-bond donors (Lipinski definition) is 1. The quantitative estimate of drug-likeness (QED) is 0.891. The second-order valence-corrected chi connectivity index (χ2v) is 5.63. The molecule has 2 aromatic rings. The molecule has 0 atom stereocenters. The van der Waals surface area contributed by atoms with Crippen molar-refractivity contribution in [3.05, 3.63) is 39.6 Å². The van der Waals surface area contributed by atoms with Crippen LogP contribution in [0.2, 0.25) is 0 Å². The molecule has 1 amide bonds. The second-order valence-electron chi connectivity index (χ2n) is 4.69. The Morgan fingerprint density at radius 3 is 3.00 bits per heavy atom. The number of hydrogen-bond acceptors (Lipinski definition) is 5. The van der Waals surface area contributed by atoms with Gasteiger partial charge in [-0.1, -0.05) is 6.92 Å². The third kappa shape index (κ3) is 4.01. The maximum absolute atomic E-state index is 12.2. The summed E-state index contributed by atoms with van der Waals surface area (Å²) in [4.78, 5) is 20.8. The second kappa shape index (κ2) is 7.17. The molecule has 0 bridgehead atoms. The third-order valence-electron chi connectivity index (χ3n) is 2.96. The highest BCUT2D eigenvalue weighted by molar-refractivity contribution is 7.09. The molecule has 21 heavy (non-hydrogen) atoms. The predicted octanol–water partition coefficient (Wildman–Crippen LogP) is 2.74. The Bertz CT molecular complexity index is 625. The van der Waals surface area contributed by atoms with Crippen LogP contribution >= 0.6 is 11.3 Å². The summed E-state index contributed by atoms with van der Waals surface area (Å²) in [5.41, 5.74) is 2.16. The molecule has 0 aliphatic carbocycles. The molecule has 6 heteroatoms. The van der Waals surface area contributed by atoms with Gasteiger partial charge in [0.05, 0.1) is 36.1 Å². The van der Waals surface area contributed by atoms with Crippen molar-refractivity contribution in [2.24, 2.45) is 0 Å². The first-order chi connectivity index (χ1) is 10.1. The van der Waals surface area contributed by atoms with E-state index in [1.165, 1.54) is 7.11 Å². The maximum Gasteiger partial charge on any atom is 0.255 e. The number of nitrogens with one attached hydrogen (secondary N) is 1. The van der Waals surface area contributed by atoms with Crippen LogP contribution < -0.4 is 10.1 Å². The van der Waals surface area contributed by atoms with Crippen molar-refractivity contribution in [3.63, 3.8) is 0 Å². The van der Waals surface area contributed by atoms with Crippen LogP contribution in [0.25, 0.3) is 0 Å². The highest BCUT2D eigenvalue weighted by atomic mass is 32.1. The highest BCUT2D eigenvalue weighted by Crippen LogP contribution is 2.18. The van der Waals surface area contributed by atoms with E-state index in [1.807, 2.05) is 12.3 Å². The number of carbonyl (C=O) groups is 1. The summed E-state index contributed by atoms with van der Waals surface area (Å²) in [6, 6.07) is 1.72. The zero-order valence-corrected chi connectivity index (χ0v) is 13.3. The van der Waals surface area contributed by atoms with Gasteiger partial charge in [-0.2, -0.15) is 0 Å². The van der Waals surface area contributed by atoms with Gasteiger partial charge in [0.1, 0.15) is 5.75 Å². The Morgan fingerprint density at radius 1 is 1.48 bits per heavy atom.